The molecule has 0 bridgehead atoms. The standard InChI is InChI=1S/C39H33F3N10O2/c1-49-38(54)28-20-45-39(48-36(28)52(49)33-4-2-3-10-43-33)46-24-5-7-25(8-6-24)51-14-12-50(13-15-51)21-29-30(41)16-22(17-31(29)42)35-26-9-11-44-37(53)27-18-23(40)19-32(47-35)34(26)27/h2-8,10,16-20,47H,9,11-15,21H2,1H3,(H,44,53)(H,45,46,48). The van der Waals surface area contributed by atoms with Crippen molar-refractivity contribution in [1.82, 2.24) is 39.5 Å². The number of benzene rings is 3. The summed E-state index contributed by atoms with van der Waals surface area (Å²) in [5, 5.41) is 6.94. The highest BCUT2D eigenvalue weighted by Crippen LogP contribution is 2.36. The highest BCUT2D eigenvalue weighted by Gasteiger charge is 2.26. The zero-order valence-electron chi connectivity index (χ0n) is 29.0. The third-order valence-electron chi connectivity index (χ3n) is 10.2. The van der Waals surface area contributed by atoms with E-state index in [0.29, 0.717) is 84.1 Å². The molecule has 0 unspecified atom stereocenters. The lowest BCUT2D eigenvalue weighted by atomic mass is 9.99. The van der Waals surface area contributed by atoms with Crippen LogP contribution in [0, 0.1) is 17.5 Å². The number of carbonyl (C=O) groups excluding carboxylic acids is 1. The molecule has 2 aliphatic heterocycles. The van der Waals surface area contributed by atoms with Crippen LogP contribution in [-0.4, -0.2) is 72.8 Å². The number of aromatic amines is 1. The van der Waals surface area contributed by atoms with Gasteiger partial charge in [0.05, 0.1) is 5.56 Å². The number of hydrogen-bond acceptors (Lipinski definition) is 8. The maximum atomic E-state index is 15.6. The first-order valence-corrected chi connectivity index (χ1v) is 17.5. The van der Waals surface area contributed by atoms with Gasteiger partial charge < -0.3 is 20.5 Å². The number of H-pyrrole nitrogens is 1. The third-order valence-corrected chi connectivity index (χ3v) is 10.2. The number of fused-ring (bicyclic) bond motifs is 1. The molecule has 12 nitrogen and oxygen atoms in total. The van der Waals surface area contributed by atoms with Gasteiger partial charge >= 0.3 is 0 Å². The van der Waals surface area contributed by atoms with Crippen molar-refractivity contribution < 1.29 is 18.0 Å². The van der Waals surface area contributed by atoms with Gasteiger partial charge in [0.15, 0.2) is 11.5 Å². The van der Waals surface area contributed by atoms with Gasteiger partial charge in [-0.2, -0.15) is 4.98 Å². The normalized spacial score (nSPS) is 14.8. The fourth-order valence-electron chi connectivity index (χ4n) is 7.50. The molecule has 1 saturated heterocycles. The van der Waals surface area contributed by atoms with Crippen LogP contribution in [0.1, 0.15) is 21.5 Å². The molecule has 3 N–H and O–H groups in total. The summed E-state index contributed by atoms with van der Waals surface area (Å²) >= 11 is 0. The number of halogens is 3. The van der Waals surface area contributed by atoms with Crippen molar-refractivity contribution >= 4 is 45.2 Å². The molecule has 15 heteroatoms. The molecule has 0 radical (unpaired) electrons. The molecule has 2 aliphatic rings. The molecule has 0 spiro atoms. The predicted molar refractivity (Wildman–Crippen MR) is 199 cm³/mol. The Labute approximate surface area is 305 Å². The Morgan fingerprint density at radius 3 is 2.43 bits per heavy atom. The Bertz CT molecular complexity index is 2620. The van der Waals surface area contributed by atoms with Gasteiger partial charge in [-0.25, -0.2) is 32.5 Å². The number of nitrogens with one attached hydrogen (secondary N) is 3. The van der Waals surface area contributed by atoms with E-state index >= 15 is 8.78 Å². The van der Waals surface area contributed by atoms with Gasteiger partial charge in [0, 0.05) is 97.8 Å². The molecule has 1 fully saturated rings. The fourth-order valence-corrected chi connectivity index (χ4v) is 7.50. The summed E-state index contributed by atoms with van der Waals surface area (Å²) in [6, 6.07) is 18.4. The number of pyridine rings is 1. The Kier molecular flexibility index (Phi) is 8.14. The van der Waals surface area contributed by atoms with E-state index < -0.39 is 17.5 Å². The van der Waals surface area contributed by atoms with E-state index in [9.17, 15) is 14.0 Å². The number of piperazine rings is 1. The minimum Gasteiger partial charge on any atom is -0.369 e. The van der Waals surface area contributed by atoms with Gasteiger partial charge in [0.2, 0.25) is 5.95 Å². The summed E-state index contributed by atoms with van der Waals surface area (Å²) in [6.45, 7) is 2.97. The maximum Gasteiger partial charge on any atom is 0.277 e. The molecule has 6 heterocycles. The fraction of sp³-hybridized carbons (Fsp3) is 0.205. The third kappa shape index (κ3) is 5.82. The SMILES string of the molecule is Cn1c(=O)c2cnc(Nc3ccc(N4CCN(Cc5c(F)cc(-c6[nH]c7cc(F)cc8c7c6CCNC8=O)cc5F)CC4)cc3)nc2n1-c1ccccn1. The van der Waals surface area contributed by atoms with E-state index in [1.807, 2.05) is 35.2 Å². The number of anilines is 3. The summed E-state index contributed by atoms with van der Waals surface area (Å²) in [6.07, 6.45) is 3.60. The van der Waals surface area contributed by atoms with Crippen molar-refractivity contribution in [2.24, 2.45) is 7.05 Å². The topological polar surface area (TPSA) is 129 Å². The van der Waals surface area contributed by atoms with Crippen LogP contribution in [0.5, 0.6) is 0 Å². The summed E-state index contributed by atoms with van der Waals surface area (Å²) in [5.41, 5.74) is 4.08. The van der Waals surface area contributed by atoms with Gasteiger partial charge in [0.1, 0.15) is 22.8 Å². The second kappa shape index (κ2) is 13.2. The minimum atomic E-state index is -0.661. The highest BCUT2D eigenvalue weighted by atomic mass is 19.1. The average molecular weight is 731 g/mol. The van der Waals surface area contributed by atoms with Crippen LogP contribution in [0.3, 0.4) is 0 Å². The van der Waals surface area contributed by atoms with Crippen molar-refractivity contribution in [1.29, 1.82) is 0 Å². The zero-order chi connectivity index (χ0) is 37.1. The van der Waals surface area contributed by atoms with Crippen LogP contribution in [0.25, 0.3) is 39.0 Å². The molecule has 4 aromatic heterocycles. The first-order valence-electron chi connectivity index (χ1n) is 17.5. The number of nitrogens with zero attached hydrogens (tertiary/aromatic N) is 7. The molecule has 0 aliphatic carbocycles. The molecule has 272 valence electrons. The maximum absolute atomic E-state index is 15.6. The first-order chi connectivity index (χ1) is 26.2. The molecule has 3 aromatic carbocycles. The molecule has 0 atom stereocenters. The van der Waals surface area contributed by atoms with Gasteiger partial charge in [-0.05, 0) is 72.6 Å². The summed E-state index contributed by atoms with van der Waals surface area (Å²) in [7, 11) is 1.66. The Balaban J connectivity index is 0.866. The lowest BCUT2D eigenvalue weighted by molar-refractivity contribution is 0.0956. The van der Waals surface area contributed by atoms with Crippen LogP contribution in [0.4, 0.5) is 30.5 Å². The van der Waals surface area contributed by atoms with Crippen molar-refractivity contribution in [3.05, 3.63) is 124 Å². The lowest BCUT2D eigenvalue weighted by Gasteiger charge is -2.36. The van der Waals surface area contributed by atoms with Crippen LogP contribution in [0.15, 0.2) is 83.9 Å². The second-order valence-electron chi connectivity index (χ2n) is 13.5. The molecule has 1 amide bonds. The number of rotatable bonds is 7. The van der Waals surface area contributed by atoms with E-state index in [1.165, 1.54) is 35.1 Å². The van der Waals surface area contributed by atoms with E-state index in [0.717, 1.165) is 16.9 Å². The largest absolute Gasteiger partial charge is 0.369 e. The predicted octanol–water partition coefficient (Wildman–Crippen LogP) is 5.43. The van der Waals surface area contributed by atoms with Crippen LogP contribution < -0.4 is 21.1 Å². The number of amides is 1. The highest BCUT2D eigenvalue weighted by molar-refractivity contribution is 6.10. The minimum absolute atomic E-state index is 0.0129. The van der Waals surface area contributed by atoms with Crippen molar-refractivity contribution in [2.75, 3.05) is 42.9 Å². The second-order valence-corrected chi connectivity index (χ2v) is 13.5. The zero-order valence-corrected chi connectivity index (χ0v) is 29.0. The molecular formula is C39H33F3N10O2. The monoisotopic (exact) mass is 730 g/mol. The number of carbonyl (C=O) groups is 1. The first kappa shape index (κ1) is 33.4. The van der Waals surface area contributed by atoms with Gasteiger partial charge in [0.25, 0.3) is 11.5 Å². The van der Waals surface area contributed by atoms with Crippen molar-refractivity contribution in [3.8, 4) is 17.1 Å². The Hall–Kier alpha value is -6.48. The van der Waals surface area contributed by atoms with E-state index in [2.05, 4.69) is 35.5 Å². The molecule has 0 saturated carbocycles. The lowest BCUT2D eigenvalue weighted by Crippen LogP contribution is -2.46. The van der Waals surface area contributed by atoms with Crippen LogP contribution in [-0.2, 0) is 20.0 Å². The number of aromatic nitrogens is 6. The molecule has 7 aromatic rings. The summed E-state index contributed by atoms with van der Waals surface area (Å²) in [4.78, 5) is 46.1. The average Bonchev–Trinajstić information content (AvgIpc) is 3.59. The van der Waals surface area contributed by atoms with E-state index in [4.69, 9.17) is 0 Å². The molecular weight excluding hydrogens is 697 g/mol. The molecule has 9 rings (SSSR count). The van der Waals surface area contributed by atoms with Gasteiger partial charge in [-0.1, -0.05) is 6.07 Å². The van der Waals surface area contributed by atoms with E-state index in [1.54, 1.807) is 30.1 Å². The van der Waals surface area contributed by atoms with Gasteiger partial charge in [-0.15, -0.1) is 0 Å². The summed E-state index contributed by atoms with van der Waals surface area (Å²) in [5.74, 6) is -1.38. The summed E-state index contributed by atoms with van der Waals surface area (Å²) < 4.78 is 48.7. The van der Waals surface area contributed by atoms with E-state index in [-0.39, 0.29) is 29.1 Å². The van der Waals surface area contributed by atoms with Crippen LogP contribution >= 0.6 is 0 Å². The Morgan fingerprint density at radius 2 is 1.69 bits per heavy atom. The molecule has 54 heavy (non-hydrogen) atoms. The smallest absolute Gasteiger partial charge is 0.277 e. The number of hydrogen-bond donors (Lipinski definition) is 3. The van der Waals surface area contributed by atoms with Crippen molar-refractivity contribution in [3.63, 3.8) is 0 Å². The van der Waals surface area contributed by atoms with Gasteiger partial charge in [-0.3, -0.25) is 14.5 Å². The Morgan fingerprint density at radius 1 is 0.907 bits per heavy atom. The van der Waals surface area contributed by atoms with Crippen LogP contribution in [0.2, 0.25) is 0 Å². The quantitative estimate of drug-likeness (QED) is 0.198. The van der Waals surface area contributed by atoms with Crippen molar-refractivity contribution in [2.45, 2.75) is 13.0 Å².